The zero-order chi connectivity index (χ0) is 20.9. The van der Waals surface area contributed by atoms with Gasteiger partial charge in [-0.3, -0.25) is 14.6 Å². The van der Waals surface area contributed by atoms with E-state index in [1.54, 1.807) is 19.4 Å². The Morgan fingerprint density at radius 3 is 2.83 bits per heavy atom. The molecule has 0 aliphatic carbocycles. The van der Waals surface area contributed by atoms with Crippen LogP contribution in [0.3, 0.4) is 0 Å². The molecule has 0 aliphatic heterocycles. The highest BCUT2D eigenvalue weighted by Crippen LogP contribution is 2.22. The Balaban J connectivity index is 1.28. The SMILES string of the molecule is CN(CC(=O)NCCOc1cccc2cccnc12)C(=O)c1c[nH]c2ccccc12. The molecule has 2 N–H and O–H groups in total. The summed E-state index contributed by atoms with van der Waals surface area (Å²) in [5.41, 5.74) is 2.22. The molecule has 0 saturated carbocycles. The van der Waals surface area contributed by atoms with Gasteiger partial charge in [-0.2, -0.15) is 0 Å². The van der Waals surface area contributed by atoms with E-state index in [9.17, 15) is 9.59 Å². The van der Waals surface area contributed by atoms with Gasteiger partial charge in [-0.25, -0.2) is 0 Å². The summed E-state index contributed by atoms with van der Waals surface area (Å²) in [6.45, 7) is 0.604. The maximum Gasteiger partial charge on any atom is 0.256 e. The molecule has 0 spiro atoms. The molecule has 2 heterocycles. The predicted molar refractivity (Wildman–Crippen MR) is 116 cm³/mol. The quantitative estimate of drug-likeness (QED) is 0.465. The maximum absolute atomic E-state index is 12.7. The van der Waals surface area contributed by atoms with E-state index in [-0.39, 0.29) is 18.4 Å². The zero-order valence-corrected chi connectivity index (χ0v) is 16.6. The highest BCUT2D eigenvalue weighted by molar-refractivity contribution is 6.07. The highest BCUT2D eigenvalue weighted by atomic mass is 16.5. The summed E-state index contributed by atoms with van der Waals surface area (Å²) < 4.78 is 5.77. The van der Waals surface area contributed by atoms with Crippen LogP contribution in [0.15, 0.2) is 67.0 Å². The number of aromatic nitrogens is 2. The Labute approximate surface area is 173 Å². The number of carbonyl (C=O) groups excluding carboxylic acids is 2. The van der Waals surface area contributed by atoms with Crippen molar-refractivity contribution in [2.45, 2.75) is 0 Å². The van der Waals surface area contributed by atoms with Crippen LogP contribution in [-0.2, 0) is 4.79 Å². The molecule has 2 aromatic heterocycles. The van der Waals surface area contributed by atoms with Crippen LogP contribution in [0.5, 0.6) is 5.75 Å². The number of aromatic amines is 1. The maximum atomic E-state index is 12.7. The number of carbonyl (C=O) groups is 2. The fourth-order valence-electron chi connectivity index (χ4n) is 3.34. The lowest BCUT2D eigenvalue weighted by Gasteiger charge is -2.16. The molecule has 0 radical (unpaired) electrons. The number of nitrogens with zero attached hydrogens (tertiary/aromatic N) is 2. The standard InChI is InChI=1S/C23H22N4O3/c1-27(23(29)18-14-26-19-9-3-2-8-17(18)19)15-21(28)24-12-13-30-20-10-4-6-16-7-5-11-25-22(16)20/h2-11,14,26H,12-13,15H2,1H3,(H,24,28). The third kappa shape index (κ3) is 4.10. The average molecular weight is 402 g/mol. The molecule has 4 rings (SSSR count). The molecule has 0 fully saturated rings. The minimum Gasteiger partial charge on any atom is -0.489 e. The monoisotopic (exact) mass is 402 g/mol. The Kier molecular flexibility index (Phi) is 5.61. The molecular formula is C23H22N4O3. The molecule has 2 amide bonds. The van der Waals surface area contributed by atoms with Crippen LogP contribution in [0.25, 0.3) is 21.8 Å². The molecule has 7 heteroatoms. The van der Waals surface area contributed by atoms with E-state index in [2.05, 4.69) is 15.3 Å². The summed E-state index contributed by atoms with van der Waals surface area (Å²) in [5, 5.41) is 4.62. The first-order chi connectivity index (χ1) is 14.6. The number of nitrogens with one attached hydrogen (secondary N) is 2. The minimum absolute atomic E-state index is 0.0336. The molecule has 0 unspecified atom stereocenters. The number of rotatable bonds is 7. The van der Waals surface area contributed by atoms with Gasteiger partial charge in [0.2, 0.25) is 5.91 Å². The topological polar surface area (TPSA) is 87.3 Å². The Morgan fingerprint density at radius 1 is 1.10 bits per heavy atom. The van der Waals surface area contributed by atoms with E-state index < -0.39 is 0 Å². The van der Waals surface area contributed by atoms with Crippen LogP contribution >= 0.6 is 0 Å². The molecule has 7 nitrogen and oxygen atoms in total. The van der Waals surface area contributed by atoms with Crippen molar-refractivity contribution in [1.82, 2.24) is 20.2 Å². The third-order valence-corrected chi connectivity index (χ3v) is 4.82. The first-order valence-electron chi connectivity index (χ1n) is 9.68. The lowest BCUT2D eigenvalue weighted by Crippen LogP contribution is -2.39. The van der Waals surface area contributed by atoms with Crippen molar-refractivity contribution in [3.05, 3.63) is 72.6 Å². The van der Waals surface area contributed by atoms with E-state index in [0.717, 1.165) is 21.8 Å². The first-order valence-corrected chi connectivity index (χ1v) is 9.68. The lowest BCUT2D eigenvalue weighted by atomic mass is 10.1. The molecule has 0 bridgehead atoms. The van der Waals surface area contributed by atoms with E-state index in [1.807, 2.05) is 54.6 Å². The van der Waals surface area contributed by atoms with E-state index >= 15 is 0 Å². The van der Waals surface area contributed by atoms with Gasteiger partial charge in [0.25, 0.3) is 5.91 Å². The number of hydrogen-bond acceptors (Lipinski definition) is 4. The van der Waals surface area contributed by atoms with Crippen LogP contribution in [-0.4, -0.2) is 53.4 Å². The minimum atomic E-state index is -0.245. The van der Waals surface area contributed by atoms with E-state index in [0.29, 0.717) is 24.5 Å². The fourth-order valence-corrected chi connectivity index (χ4v) is 3.34. The number of likely N-dealkylation sites (N-methyl/N-ethyl adjacent to an activating group) is 1. The van der Waals surface area contributed by atoms with Gasteiger partial charge in [0.05, 0.1) is 18.7 Å². The van der Waals surface area contributed by atoms with Gasteiger partial charge in [0.15, 0.2) is 0 Å². The molecule has 4 aromatic rings. The Hall–Kier alpha value is -3.87. The van der Waals surface area contributed by atoms with Crippen LogP contribution in [0.1, 0.15) is 10.4 Å². The van der Waals surface area contributed by atoms with Crippen molar-refractivity contribution in [2.24, 2.45) is 0 Å². The van der Waals surface area contributed by atoms with Crippen LogP contribution in [0.4, 0.5) is 0 Å². The Bertz CT molecular complexity index is 1200. The van der Waals surface area contributed by atoms with Gasteiger partial charge in [-0.1, -0.05) is 36.4 Å². The summed E-state index contributed by atoms with van der Waals surface area (Å²) in [5.74, 6) is 0.222. The van der Waals surface area contributed by atoms with Crippen LogP contribution < -0.4 is 10.1 Å². The molecule has 0 atom stereocenters. The van der Waals surface area contributed by atoms with Crippen molar-refractivity contribution in [2.75, 3.05) is 26.7 Å². The normalized spacial score (nSPS) is 10.8. The van der Waals surface area contributed by atoms with Gasteiger partial charge in [-0.15, -0.1) is 0 Å². The average Bonchev–Trinajstić information content (AvgIpc) is 3.20. The predicted octanol–water partition coefficient (Wildman–Crippen LogP) is 2.98. The second-order valence-corrected chi connectivity index (χ2v) is 6.94. The molecule has 30 heavy (non-hydrogen) atoms. The number of fused-ring (bicyclic) bond motifs is 2. The van der Waals surface area contributed by atoms with E-state index in [1.165, 1.54) is 4.90 Å². The van der Waals surface area contributed by atoms with Crippen molar-refractivity contribution in [1.29, 1.82) is 0 Å². The summed E-state index contributed by atoms with van der Waals surface area (Å²) >= 11 is 0. The number of benzene rings is 2. The second-order valence-electron chi connectivity index (χ2n) is 6.94. The largest absolute Gasteiger partial charge is 0.489 e. The Morgan fingerprint density at radius 2 is 1.93 bits per heavy atom. The van der Waals surface area contributed by atoms with Crippen molar-refractivity contribution in [3.63, 3.8) is 0 Å². The lowest BCUT2D eigenvalue weighted by molar-refractivity contribution is -0.121. The molecular weight excluding hydrogens is 380 g/mol. The van der Waals surface area contributed by atoms with Crippen molar-refractivity contribution in [3.8, 4) is 5.75 Å². The second kappa shape index (κ2) is 8.65. The van der Waals surface area contributed by atoms with Gasteiger partial charge in [0.1, 0.15) is 17.9 Å². The number of amides is 2. The summed E-state index contributed by atoms with van der Waals surface area (Å²) in [6.07, 6.45) is 3.39. The van der Waals surface area contributed by atoms with Gasteiger partial charge >= 0.3 is 0 Å². The number of pyridine rings is 1. The number of hydrogen-bond donors (Lipinski definition) is 2. The molecule has 2 aromatic carbocycles. The van der Waals surface area contributed by atoms with Gasteiger partial charge < -0.3 is 19.9 Å². The molecule has 152 valence electrons. The van der Waals surface area contributed by atoms with Crippen LogP contribution in [0.2, 0.25) is 0 Å². The third-order valence-electron chi connectivity index (χ3n) is 4.82. The summed E-state index contributed by atoms with van der Waals surface area (Å²) in [4.78, 5) is 33.7. The van der Waals surface area contributed by atoms with E-state index in [4.69, 9.17) is 4.74 Å². The fraction of sp³-hybridized carbons (Fsp3) is 0.174. The summed E-state index contributed by atoms with van der Waals surface area (Å²) in [7, 11) is 1.61. The zero-order valence-electron chi connectivity index (χ0n) is 16.6. The van der Waals surface area contributed by atoms with Crippen molar-refractivity contribution >= 4 is 33.6 Å². The molecule has 0 saturated heterocycles. The number of para-hydroxylation sites is 2. The first kappa shape index (κ1) is 19.4. The van der Waals surface area contributed by atoms with Gasteiger partial charge in [0, 0.05) is 35.7 Å². The van der Waals surface area contributed by atoms with Crippen molar-refractivity contribution < 1.29 is 14.3 Å². The number of H-pyrrole nitrogens is 1. The van der Waals surface area contributed by atoms with Crippen LogP contribution in [0, 0.1) is 0 Å². The van der Waals surface area contributed by atoms with Gasteiger partial charge in [-0.05, 0) is 18.2 Å². The smallest absolute Gasteiger partial charge is 0.256 e. The number of ether oxygens (including phenoxy) is 1. The summed E-state index contributed by atoms with van der Waals surface area (Å²) in [6, 6.07) is 17.1. The molecule has 0 aliphatic rings. The highest BCUT2D eigenvalue weighted by Gasteiger charge is 2.18.